The molecule has 0 aliphatic carbocycles. The van der Waals surface area contributed by atoms with Crippen molar-refractivity contribution >= 4 is 11.9 Å². The van der Waals surface area contributed by atoms with Crippen LogP contribution in [0.1, 0.15) is 30.3 Å². The summed E-state index contributed by atoms with van der Waals surface area (Å²) in [6.45, 7) is 3.01. The van der Waals surface area contributed by atoms with Crippen LogP contribution in [0, 0.1) is 5.92 Å². The quantitative estimate of drug-likeness (QED) is 0.797. The summed E-state index contributed by atoms with van der Waals surface area (Å²) in [5, 5.41) is 5.94. The average molecular weight is 279 g/mol. The van der Waals surface area contributed by atoms with E-state index in [0.29, 0.717) is 19.7 Å². The Hall–Kier alpha value is -2.18. The van der Waals surface area contributed by atoms with Gasteiger partial charge in [-0.05, 0) is 25.8 Å². The zero-order chi connectivity index (χ0) is 14.5. The van der Waals surface area contributed by atoms with Gasteiger partial charge in [0, 0.05) is 19.2 Å². The number of carbonyl (C=O) groups excluding carboxylic acids is 2. The summed E-state index contributed by atoms with van der Waals surface area (Å²) in [6, 6.07) is 2.64. The number of hydrogen-bond acceptors (Lipinski definition) is 5. The Labute approximate surface area is 115 Å². The molecule has 2 heterocycles. The number of hydrogen-bond donors (Lipinski definition) is 1. The maximum atomic E-state index is 12.2. The fraction of sp³-hybridized carbons (Fsp3) is 0.538. The van der Waals surface area contributed by atoms with Gasteiger partial charge in [0.2, 0.25) is 0 Å². The van der Waals surface area contributed by atoms with Gasteiger partial charge in [-0.15, -0.1) is 0 Å². The van der Waals surface area contributed by atoms with E-state index in [4.69, 9.17) is 4.74 Å². The highest BCUT2D eigenvalue weighted by Crippen LogP contribution is 2.19. The van der Waals surface area contributed by atoms with Crippen LogP contribution in [0.2, 0.25) is 0 Å². The maximum absolute atomic E-state index is 12.2. The van der Waals surface area contributed by atoms with Crippen LogP contribution in [0.5, 0.6) is 0 Å². The molecule has 1 amide bonds. The molecule has 1 atom stereocenters. The molecule has 7 heteroatoms. The zero-order valence-electron chi connectivity index (χ0n) is 11.3. The Morgan fingerprint density at radius 3 is 2.95 bits per heavy atom. The van der Waals surface area contributed by atoms with Crippen molar-refractivity contribution in [3.05, 3.63) is 28.2 Å². The third kappa shape index (κ3) is 3.23. The summed E-state index contributed by atoms with van der Waals surface area (Å²) < 4.78 is 4.99. The number of esters is 1. The van der Waals surface area contributed by atoms with E-state index in [-0.39, 0.29) is 29.0 Å². The largest absolute Gasteiger partial charge is 0.466 e. The van der Waals surface area contributed by atoms with Gasteiger partial charge in [-0.2, -0.15) is 5.10 Å². The summed E-state index contributed by atoms with van der Waals surface area (Å²) in [5.41, 5.74) is -0.182. The molecule has 0 aromatic carbocycles. The number of nitrogens with zero attached hydrogens (tertiary/aromatic N) is 2. The molecule has 1 aliphatic heterocycles. The first-order chi connectivity index (χ1) is 9.61. The van der Waals surface area contributed by atoms with Crippen molar-refractivity contribution in [3.63, 3.8) is 0 Å². The number of amides is 1. The summed E-state index contributed by atoms with van der Waals surface area (Å²) in [4.78, 5) is 36.5. The smallest absolute Gasteiger partial charge is 0.310 e. The molecule has 2 rings (SSSR count). The molecular weight excluding hydrogens is 262 g/mol. The van der Waals surface area contributed by atoms with Gasteiger partial charge in [-0.25, -0.2) is 5.10 Å². The number of carbonyl (C=O) groups is 2. The molecule has 1 fully saturated rings. The van der Waals surface area contributed by atoms with Crippen LogP contribution < -0.4 is 5.56 Å². The van der Waals surface area contributed by atoms with Crippen molar-refractivity contribution < 1.29 is 14.3 Å². The molecule has 1 unspecified atom stereocenters. The molecule has 0 radical (unpaired) electrons. The number of likely N-dealkylation sites (tertiary alicyclic amines) is 1. The molecule has 108 valence electrons. The van der Waals surface area contributed by atoms with Crippen molar-refractivity contribution in [2.24, 2.45) is 5.92 Å². The van der Waals surface area contributed by atoms with Crippen molar-refractivity contribution in [2.45, 2.75) is 19.8 Å². The predicted octanol–water partition coefficient (Wildman–Crippen LogP) is 0.185. The summed E-state index contributed by atoms with van der Waals surface area (Å²) in [7, 11) is 0. The van der Waals surface area contributed by atoms with E-state index in [9.17, 15) is 14.4 Å². The van der Waals surface area contributed by atoms with Gasteiger partial charge in [-0.1, -0.05) is 0 Å². The van der Waals surface area contributed by atoms with Gasteiger partial charge in [0.15, 0.2) is 0 Å². The van der Waals surface area contributed by atoms with Crippen LogP contribution in [0.3, 0.4) is 0 Å². The molecular formula is C13H17N3O4. The van der Waals surface area contributed by atoms with Crippen molar-refractivity contribution in [1.29, 1.82) is 0 Å². The minimum atomic E-state index is -0.357. The van der Waals surface area contributed by atoms with Gasteiger partial charge in [0.1, 0.15) is 5.69 Å². The van der Waals surface area contributed by atoms with Crippen LogP contribution >= 0.6 is 0 Å². The highest BCUT2D eigenvalue weighted by molar-refractivity contribution is 5.92. The number of nitrogens with one attached hydrogen (secondary N) is 1. The van der Waals surface area contributed by atoms with Crippen LogP contribution in [0.25, 0.3) is 0 Å². The van der Waals surface area contributed by atoms with E-state index in [2.05, 4.69) is 10.2 Å². The maximum Gasteiger partial charge on any atom is 0.310 e. The lowest BCUT2D eigenvalue weighted by molar-refractivity contribution is -0.149. The van der Waals surface area contributed by atoms with E-state index >= 15 is 0 Å². The third-order valence-corrected chi connectivity index (χ3v) is 3.23. The van der Waals surface area contributed by atoms with Crippen LogP contribution in [0.15, 0.2) is 16.9 Å². The number of aromatic nitrogens is 2. The van der Waals surface area contributed by atoms with E-state index in [1.165, 1.54) is 12.1 Å². The van der Waals surface area contributed by atoms with E-state index < -0.39 is 0 Å². The molecule has 1 N–H and O–H groups in total. The summed E-state index contributed by atoms with van der Waals surface area (Å²) in [5.74, 6) is -0.829. The van der Waals surface area contributed by atoms with Gasteiger partial charge in [0.05, 0.1) is 12.5 Å². The van der Waals surface area contributed by atoms with Crippen LogP contribution in [-0.4, -0.2) is 46.7 Å². The lowest BCUT2D eigenvalue weighted by atomic mass is 9.98. The van der Waals surface area contributed by atoms with Crippen molar-refractivity contribution in [3.8, 4) is 0 Å². The molecule has 1 aromatic rings. The monoisotopic (exact) mass is 279 g/mol. The van der Waals surface area contributed by atoms with Crippen molar-refractivity contribution in [1.82, 2.24) is 15.1 Å². The second kappa shape index (κ2) is 6.31. The van der Waals surface area contributed by atoms with Crippen LogP contribution in [-0.2, 0) is 9.53 Å². The first-order valence-electron chi connectivity index (χ1n) is 6.63. The molecule has 1 aromatic heterocycles. The predicted molar refractivity (Wildman–Crippen MR) is 70.1 cm³/mol. The number of H-pyrrole nitrogens is 1. The minimum Gasteiger partial charge on any atom is -0.466 e. The molecule has 20 heavy (non-hydrogen) atoms. The lowest BCUT2D eigenvalue weighted by Crippen LogP contribution is -2.43. The van der Waals surface area contributed by atoms with Crippen LogP contribution in [0.4, 0.5) is 0 Å². The number of ether oxygens (including phenoxy) is 1. The number of aromatic amines is 1. The van der Waals surface area contributed by atoms with Gasteiger partial charge >= 0.3 is 5.97 Å². The normalized spacial score (nSPS) is 18.6. The zero-order valence-corrected chi connectivity index (χ0v) is 11.3. The molecule has 7 nitrogen and oxygen atoms in total. The lowest BCUT2D eigenvalue weighted by Gasteiger charge is -2.31. The van der Waals surface area contributed by atoms with E-state index in [1.54, 1.807) is 11.8 Å². The summed E-state index contributed by atoms with van der Waals surface area (Å²) >= 11 is 0. The van der Waals surface area contributed by atoms with Gasteiger partial charge in [-0.3, -0.25) is 14.4 Å². The van der Waals surface area contributed by atoms with E-state index in [0.717, 1.165) is 12.8 Å². The SMILES string of the molecule is CCOC(=O)C1CCCN(C(=O)c2ccc(=O)[nH]n2)C1. The Morgan fingerprint density at radius 2 is 2.30 bits per heavy atom. The molecule has 0 bridgehead atoms. The summed E-state index contributed by atoms with van der Waals surface area (Å²) in [6.07, 6.45) is 1.47. The van der Waals surface area contributed by atoms with E-state index in [1.807, 2.05) is 0 Å². The Balaban J connectivity index is 2.04. The first kappa shape index (κ1) is 14.2. The fourth-order valence-corrected chi connectivity index (χ4v) is 2.24. The molecule has 1 saturated heterocycles. The second-order valence-corrected chi connectivity index (χ2v) is 4.65. The number of rotatable bonds is 3. The average Bonchev–Trinajstić information content (AvgIpc) is 2.48. The number of piperidine rings is 1. The second-order valence-electron chi connectivity index (χ2n) is 4.65. The molecule has 1 aliphatic rings. The highest BCUT2D eigenvalue weighted by atomic mass is 16.5. The standard InChI is InChI=1S/C13H17N3O4/c1-2-20-13(19)9-4-3-7-16(8-9)12(18)10-5-6-11(17)15-14-10/h5-6,9H,2-4,7-8H2,1H3,(H,15,17). The van der Waals surface area contributed by atoms with Gasteiger partial charge < -0.3 is 9.64 Å². The third-order valence-electron chi connectivity index (χ3n) is 3.23. The topological polar surface area (TPSA) is 92.4 Å². The molecule has 0 saturated carbocycles. The highest BCUT2D eigenvalue weighted by Gasteiger charge is 2.30. The van der Waals surface area contributed by atoms with Gasteiger partial charge in [0.25, 0.3) is 11.5 Å². The fourth-order valence-electron chi connectivity index (χ4n) is 2.24. The Morgan fingerprint density at radius 1 is 1.50 bits per heavy atom. The Kier molecular flexibility index (Phi) is 4.49. The molecule has 0 spiro atoms. The minimum absolute atomic E-state index is 0.175. The Bertz CT molecular complexity index is 534. The van der Waals surface area contributed by atoms with Crippen molar-refractivity contribution in [2.75, 3.05) is 19.7 Å². The first-order valence-corrected chi connectivity index (χ1v) is 6.63.